The van der Waals surface area contributed by atoms with E-state index in [1.165, 1.54) is 0 Å². The molecule has 27 heavy (non-hydrogen) atoms. The fourth-order valence-electron chi connectivity index (χ4n) is 2.67. The second-order valence-electron chi connectivity index (χ2n) is 7.27. The second-order valence-corrected chi connectivity index (χ2v) is 7.27. The molecule has 0 aliphatic rings. The van der Waals surface area contributed by atoms with Gasteiger partial charge in [-0.25, -0.2) is 0 Å². The third kappa shape index (κ3) is 5.96. The molecule has 1 amide bonds. The van der Waals surface area contributed by atoms with Crippen LogP contribution in [0, 0.1) is 5.41 Å². The third-order valence-electron chi connectivity index (χ3n) is 4.17. The van der Waals surface area contributed by atoms with Gasteiger partial charge in [0.25, 0.3) is 5.91 Å². The lowest BCUT2D eigenvalue weighted by Gasteiger charge is -2.29. The molecular weight excluding hydrogens is 342 g/mol. The summed E-state index contributed by atoms with van der Waals surface area (Å²) < 4.78 is 11.5. The quantitative estimate of drug-likeness (QED) is 0.733. The Bertz CT molecular complexity index is 748. The van der Waals surface area contributed by atoms with Crippen LogP contribution in [0.25, 0.3) is 0 Å². The summed E-state index contributed by atoms with van der Waals surface area (Å²) in [5, 5.41) is 0. The van der Waals surface area contributed by atoms with Crippen LogP contribution in [0.5, 0.6) is 11.5 Å². The fourth-order valence-corrected chi connectivity index (χ4v) is 2.67. The molecule has 6 nitrogen and oxygen atoms in total. The van der Waals surface area contributed by atoms with Crippen molar-refractivity contribution < 1.29 is 14.3 Å². The van der Waals surface area contributed by atoms with Gasteiger partial charge in [-0.2, -0.15) is 0 Å². The number of pyridine rings is 1. The van der Waals surface area contributed by atoms with Crippen LogP contribution in [0.2, 0.25) is 0 Å². The first kappa shape index (κ1) is 20.7. The molecule has 1 aromatic heterocycles. The summed E-state index contributed by atoms with van der Waals surface area (Å²) in [5.41, 5.74) is 7.16. The molecule has 0 aliphatic carbocycles. The van der Waals surface area contributed by atoms with E-state index in [1.807, 2.05) is 32.9 Å². The maximum Gasteiger partial charge on any atom is 0.253 e. The van der Waals surface area contributed by atoms with E-state index in [2.05, 4.69) is 4.98 Å². The number of carbonyl (C=O) groups excluding carboxylic acids is 1. The van der Waals surface area contributed by atoms with Crippen molar-refractivity contribution in [2.24, 2.45) is 11.1 Å². The third-order valence-corrected chi connectivity index (χ3v) is 4.17. The maximum absolute atomic E-state index is 12.8. The summed E-state index contributed by atoms with van der Waals surface area (Å²) in [6, 6.07) is 9.07. The lowest BCUT2D eigenvalue weighted by atomic mass is 9.93. The van der Waals surface area contributed by atoms with Crippen LogP contribution in [0.1, 0.15) is 36.7 Å². The van der Waals surface area contributed by atoms with E-state index in [4.69, 9.17) is 15.2 Å². The Morgan fingerprint density at radius 3 is 2.63 bits per heavy atom. The minimum absolute atomic E-state index is 0.0729. The van der Waals surface area contributed by atoms with E-state index < -0.39 is 0 Å². The maximum atomic E-state index is 12.8. The number of hydrogen-bond donors (Lipinski definition) is 1. The molecule has 0 saturated heterocycles. The molecule has 0 radical (unpaired) electrons. The molecule has 0 spiro atoms. The SMILES string of the molecule is CCOc1cc(C(=O)N(C)CC(C)(C)CN)ccc1OCc1cccnc1. The largest absolute Gasteiger partial charge is 0.490 e. The molecule has 0 atom stereocenters. The van der Waals surface area contributed by atoms with Gasteiger partial charge in [-0.3, -0.25) is 9.78 Å². The molecule has 6 heteroatoms. The zero-order valence-electron chi connectivity index (χ0n) is 16.6. The number of ether oxygens (including phenoxy) is 2. The molecule has 146 valence electrons. The first-order valence-electron chi connectivity index (χ1n) is 9.10. The molecule has 1 aromatic carbocycles. The van der Waals surface area contributed by atoms with Gasteiger partial charge in [0, 0.05) is 37.1 Å². The first-order valence-corrected chi connectivity index (χ1v) is 9.10. The van der Waals surface area contributed by atoms with E-state index in [0.717, 1.165) is 5.56 Å². The van der Waals surface area contributed by atoms with Gasteiger partial charge in [-0.1, -0.05) is 19.9 Å². The number of carbonyl (C=O) groups is 1. The van der Waals surface area contributed by atoms with Gasteiger partial charge in [-0.05, 0) is 43.1 Å². The lowest BCUT2D eigenvalue weighted by Crippen LogP contribution is -2.39. The molecule has 0 aliphatic heterocycles. The van der Waals surface area contributed by atoms with E-state index in [-0.39, 0.29) is 11.3 Å². The van der Waals surface area contributed by atoms with Gasteiger partial charge in [0.2, 0.25) is 0 Å². The molecule has 0 bridgehead atoms. The van der Waals surface area contributed by atoms with E-state index in [0.29, 0.717) is 43.4 Å². The molecule has 2 aromatic rings. The Morgan fingerprint density at radius 1 is 1.22 bits per heavy atom. The number of nitrogens with zero attached hydrogens (tertiary/aromatic N) is 2. The standard InChI is InChI=1S/C21H29N3O3/c1-5-26-19-11-17(20(25)24(4)15-21(2,3)14-22)8-9-18(19)27-13-16-7-6-10-23-12-16/h6-12H,5,13-15,22H2,1-4H3. The summed E-state index contributed by atoms with van der Waals surface area (Å²) in [5.74, 6) is 1.08. The Morgan fingerprint density at radius 2 is 2.00 bits per heavy atom. The van der Waals surface area contributed by atoms with Gasteiger partial charge >= 0.3 is 0 Å². The Kier molecular flexibility index (Phi) is 7.19. The minimum Gasteiger partial charge on any atom is -0.490 e. The molecule has 0 fully saturated rings. The average Bonchev–Trinajstić information content (AvgIpc) is 2.67. The molecule has 0 saturated carbocycles. The van der Waals surface area contributed by atoms with Gasteiger partial charge in [0.1, 0.15) is 6.61 Å². The monoisotopic (exact) mass is 371 g/mol. The fraction of sp³-hybridized carbons (Fsp3) is 0.429. The highest BCUT2D eigenvalue weighted by Gasteiger charge is 2.22. The van der Waals surface area contributed by atoms with Gasteiger partial charge in [-0.15, -0.1) is 0 Å². The molecule has 2 N–H and O–H groups in total. The molecule has 1 heterocycles. The first-order chi connectivity index (χ1) is 12.9. The van der Waals surface area contributed by atoms with E-state index in [1.54, 1.807) is 42.5 Å². The summed E-state index contributed by atoms with van der Waals surface area (Å²) in [4.78, 5) is 18.5. The van der Waals surface area contributed by atoms with Crippen molar-refractivity contribution in [3.63, 3.8) is 0 Å². The van der Waals surface area contributed by atoms with Crippen molar-refractivity contribution in [3.05, 3.63) is 53.9 Å². The summed E-state index contributed by atoms with van der Waals surface area (Å²) >= 11 is 0. The van der Waals surface area contributed by atoms with Crippen molar-refractivity contribution in [1.29, 1.82) is 0 Å². The van der Waals surface area contributed by atoms with Crippen LogP contribution in [-0.2, 0) is 6.61 Å². The topological polar surface area (TPSA) is 77.7 Å². The predicted octanol–water partition coefficient (Wildman–Crippen LogP) is 3.12. The van der Waals surface area contributed by atoms with Crippen molar-refractivity contribution >= 4 is 5.91 Å². The van der Waals surface area contributed by atoms with Gasteiger partial charge < -0.3 is 20.1 Å². The van der Waals surface area contributed by atoms with Crippen molar-refractivity contribution in [2.45, 2.75) is 27.4 Å². The van der Waals surface area contributed by atoms with Crippen LogP contribution < -0.4 is 15.2 Å². The van der Waals surface area contributed by atoms with E-state index in [9.17, 15) is 4.79 Å². The number of benzene rings is 1. The molecular formula is C21H29N3O3. The Balaban J connectivity index is 2.14. The van der Waals surface area contributed by atoms with Gasteiger partial charge in [0.15, 0.2) is 11.5 Å². The Hall–Kier alpha value is -2.60. The minimum atomic E-state index is -0.139. The van der Waals surface area contributed by atoms with Crippen LogP contribution in [0.15, 0.2) is 42.7 Å². The number of nitrogens with two attached hydrogens (primary N) is 1. The zero-order valence-corrected chi connectivity index (χ0v) is 16.6. The van der Waals surface area contributed by atoms with Crippen LogP contribution >= 0.6 is 0 Å². The lowest BCUT2D eigenvalue weighted by molar-refractivity contribution is 0.0740. The van der Waals surface area contributed by atoms with E-state index >= 15 is 0 Å². The highest BCUT2D eigenvalue weighted by Crippen LogP contribution is 2.30. The van der Waals surface area contributed by atoms with Crippen LogP contribution in [-0.4, -0.2) is 42.5 Å². The smallest absolute Gasteiger partial charge is 0.253 e. The highest BCUT2D eigenvalue weighted by molar-refractivity contribution is 5.94. The van der Waals surface area contributed by atoms with Crippen molar-refractivity contribution in [1.82, 2.24) is 9.88 Å². The average molecular weight is 371 g/mol. The Labute approximate surface area is 161 Å². The summed E-state index contributed by atoms with van der Waals surface area (Å²) in [7, 11) is 1.78. The zero-order chi connectivity index (χ0) is 19.9. The van der Waals surface area contributed by atoms with Crippen LogP contribution in [0.4, 0.5) is 0 Å². The molecule has 0 unspecified atom stereocenters. The summed E-state index contributed by atoms with van der Waals surface area (Å²) in [6.45, 7) is 7.93. The van der Waals surface area contributed by atoms with Gasteiger partial charge in [0.05, 0.1) is 6.61 Å². The molecule has 2 rings (SSSR count). The normalized spacial score (nSPS) is 11.1. The van der Waals surface area contributed by atoms with Crippen molar-refractivity contribution in [2.75, 3.05) is 26.7 Å². The van der Waals surface area contributed by atoms with Crippen LogP contribution in [0.3, 0.4) is 0 Å². The predicted molar refractivity (Wildman–Crippen MR) is 106 cm³/mol. The number of rotatable bonds is 9. The van der Waals surface area contributed by atoms with Crippen molar-refractivity contribution in [3.8, 4) is 11.5 Å². The number of amides is 1. The second kappa shape index (κ2) is 9.37. The highest BCUT2D eigenvalue weighted by atomic mass is 16.5. The summed E-state index contributed by atoms with van der Waals surface area (Å²) in [6.07, 6.45) is 3.48. The number of hydrogen-bond acceptors (Lipinski definition) is 5. The number of aromatic nitrogens is 1.